The lowest BCUT2D eigenvalue weighted by Gasteiger charge is -2.10. The molecule has 2 aliphatic rings. The molecule has 0 bridgehead atoms. The molecule has 1 amide bonds. The molecule has 2 unspecified atom stereocenters. The highest BCUT2D eigenvalue weighted by atomic mass is 79.9. The van der Waals surface area contributed by atoms with Gasteiger partial charge in [-0.2, -0.15) is 4.39 Å². The first-order valence-electron chi connectivity index (χ1n) is 5.87. The number of hydrogen-bond acceptors (Lipinski definition) is 3. The number of hydrogen-bond donors (Lipinski definition) is 1. The number of rotatable bonds is 2. The number of carbonyl (C=O) groups is 1. The molecule has 100 valence electrons. The van der Waals surface area contributed by atoms with Crippen LogP contribution in [0.4, 0.5) is 10.1 Å². The zero-order valence-electron chi connectivity index (χ0n) is 9.78. The van der Waals surface area contributed by atoms with E-state index in [1.165, 1.54) is 0 Å². The Morgan fingerprint density at radius 2 is 2.26 bits per heavy atom. The van der Waals surface area contributed by atoms with Crippen molar-refractivity contribution >= 4 is 27.5 Å². The van der Waals surface area contributed by atoms with Gasteiger partial charge in [-0.15, -0.1) is 0 Å². The van der Waals surface area contributed by atoms with Crippen molar-refractivity contribution in [3.8, 4) is 0 Å². The number of halogens is 2. The van der Waals surface area contributed by atoms with E-state index < -0.39 is 22.0 Å². The number of nitro groups is 1. The standard InChI is InChI=1S/C12H10BrFN2O3/c13-6-3-7(11(16(18)19)9(14)4-6)8-5-12(8)2-1-10(17)15-12/h3-4,8H,1-2,5H2,(H,15,17). The Morgan fingerprint density at radius 1 is 1.53 bits per heavy atom. The summed E-state index contributed by atoms with van der Waals surface area (Å²) in [6.45, 7) is 0. The molecule has 1 heterocycles. The van der Waals surface area contributed by atoms with Gasteiger partial charge in [-0.3, -0.25) is 14.9 Å². The van der Waals surface area contributed by atoms with Gasteiger partial charge in [0.1, 0.15) is 0 Å². The summed E-state index contributed by atoms with van der Waals surface area (Å²) in [5.74, 6) is -1.06. The molecular weight excluding hydrogens is 319 g/mol. The summed E-state index contributed by atoms with van der Waals surface area (Å²) in [4.78, 5) is 21.6. The van der Waals surface area contributed by atoms with E-state index >= 15 is 0 Å². The first-order chi connectivity index (χ1) is 8.93. The predicted octanol–water partition coefficient (Wildman–Crippen LogP) is 2.63. The highest BCUT2D eigenvalue weighted by Crippen LogP contribution is 2.58. The van der Waals surface area contributed by atoms with Crippen LogP contribution in [-0.2, 0) is 4.79 Å². The van der Waals surface area contributed by atoms with Crippen LogP contribution in [-0.4, -0.2) is 16.4 Å². The van der Waals surface area contributed by atoms with Gasteiger partial charge in [-0.1, -0.05) is 15.9 Å². The molecule has 3 rings (SSSR count). The second-order valence-electron chi connectivity index (χ2n) is 5.04. The molecule has 1 aromatic carbocycles. The predicted molar refractivity (Wildman–Crippen MR) is 68.2 cm³/mol. The van der Waals surface area contributed by atoms with Gasteiger partial charge in [-0.25, -0.2) is 0 Å². The van der Waals surface area contributed by atoms with Crippen LogP contribution >= 0.6 is 15.9 Å². The number of amides is 1. The van der Waals surface area contributed by atoms with E-state index in [1.807, 2.05) is 0 Å². The van der Waals surface area contributed by atoms with Crippen LogP contribution in [0.5, 0.6) is 0 Å². The lowest BCUT2D eigenvalue weighted by Crippen LogP contribution is -2.28. The van der Waals surface area contributed by atoms with Crippen molar-refractivity contribution in [2.45, 2.75) is 30.7 Å². The summed E-state index contributed by atoms with van der Waals surface area (Å²) in [7, 11) is 0. The summed E-state index contributed by atoms with van der Waals surface area (Å²) < 4.78 is 14.2. The molecule has 1 aliphatic carbocycles. The summed E-state index contributed by atoms with van der Waals surface area (Å²) in [5, 5.41) is 13.9. The quantitative estimate of drug-likeness (QED) is 0.670. The van der Waals surface area contributed by atoms with Gasteiger partial charge in [0.25, 0.3) is 0 Å². The minimum absolute atomic E-state index is 0.0411. The highest BCUT2D eigenvalue weighted by Gasteiger charge is 2.60. The molecule has 19 heavy (non-hydrogen) atoms. The maximum absolute atomic E-state index is 13.7. The summed E-state index contributed by atoms with van der Waals surface area (Å²) in [6, 6.07) is 2.66. The lowest BCUT2D eigenvalue weighted by molar-refractivity contribution is -0.388. The Kier molecular flexibility index (Phi) is 2.63. The third kappa shape index (κ3) is 1.92. The largest absolute Gasteiger partial charge is 0.350 e. The van der Waals surface area contributed by atoms with Crippen LogP contribution in [0.15, 0.2) is 16.6 Å². The topological polar surface area (TPSA) is 72.2 Å². The molecule has 0 aromatic heterocycles. The minimum Gasteiger partial charge on any atom is -0.350 e. The van der Waals surface area contributed by atoms with Gasteiger partial charge in [-0.05, 0) is 25.0 Å². The van der Waals surface area contributed by atoms with Crippen molar-refractivity contribution in [3.63, 3.8) is 0 Å². The van der Waals surface area contributed by atoms with Crippen molar-refractivity contribution in [1.29, 1.82) is 0 Å². The van der Waals surface area contributed by atoms with E-state index in [2.05, 4.69) is 21.2 Å². The van der Waals surface area contributed by atoms with Crippen LogP contribution < -0.4 is 5.32 Å². The van der Waals surface area contributed by atoms with Crippen LogP contribution in [0.1, 0.15) is 30.7 Å². The van der Waals surface area contributed by atoms with E-state index in [9.17, 15) is 19.3 Å². The summed E-state index contributed by atoms with van der Waals surface area (Å²) in [5.41, 5.74) is -0.514. The fourth-order valence-corrected chi connectivity index (χ4v) is 3.36. The number of carbonyl (C=O) groups excluding carboxylic acids is 1. The van der Waals surface area contributed by atoms with Crippen molar-refractivity contribution in [1.82, 2.24) is 5.32 Å². The van der Waals surface area contributed by atoms with E-state index in [0.717, 1.165) is 6.07 Å². The number of nitrogens with zero attached hydrogens (tertiary/aromatic N) is 1. The Hall–Kier alpha value is -1.50. The second-order valence-corrected chi connectivity index (χ2v) is 5.96. The van der Waals surface area contributed by atoms with Gasteiger partial charge < -0.3 is 5.32 Å². The van der Waals surface area contributed by atoms with E-state index in [4.69, 9.17) is 0 Å². The van der Waals surface area contributed by atoms with Gasteiger partial charge in [0, 0.05) is 27.9 Å². The number of nitrogens with one attached hydrogen (secondary N) is 1. The third-order valence-corrected chi connectivity index (χ3v) is 4.34. The average molecular weight is 329 g/mol. The molecule has 7 heteroatoms. The molecule has 5 nitrogen and oxygen atoms in total. The van der Waals surface area contributed by atoms with Crippen molar-refractivity contribution in [2.75, 3.05) is 0 Å². The van der Waals surface area contributed by atoms with Gasteiger partial charge >= 0.3 is 5.69 Å². The molecular formula is C12H10BrFN2O3. The molecule has 1 spiro atoms. The Bertz CT molecular complexity index is 607. The van der Waals surface area contributed by atoms with E-state index in [1.54, 1.807) is 6.07 Å². The first kappa shape index (κ1) is 12.5. The van der Waals surface area contributed by atoms with Crippen LogP contribution in [0.2, 0.25) is 0 Å². The molecule has 1 aromatic rings. The minimum atomic E-state index is -0.847. The summed E-state index contributed by atoms with van der Waals surface area (Å²) >= 11 is 3.15. The highest BCUT2D eigenvalue weighted by molar-refractivity contribution is 9.10. The summed E-state index contributed by atoms with van der Waals surface area (Å²) in [6.07, 6.45) is 1.72. The van der Waals surface area contributed by atoms with Gasteiger partial charge in [0.2, 0.25) is 11.7 Å². The smallest absolute Gasteiger partial charge is 0.308 e. The van der Waals surface area contributed by atoms with Gasteiger partial charge in [0.15, 0.2) is 0 Å². The molecule has 1 saturated carbocycles. The molecule has 0 radical (unpaired) electrons. The lowest BCUT2D eigenvalue weighted by atomic mass is 10.0. The fourth-order valence-electron chi connectivity index (χ4n) is 2.91. The van der Waals surface area contributed by atoms with E-state index in [0.29, 0.717) is 29.3 Å². The van der Waals surface area contributed by atoms with E-state index in [-0.39, 0.29) is 11.8 Å². The van der Waals surface area contributed by atoms with Gasteiger partial charge in [0.05, 0.1) is 4.92 Å². The molecule has 1 saturated heterocycles. The molecule has 2 atom stereocenters. The zero-order valence-corrected chi connectivity index (χ0v) is 11.4. The third-order valence-electron chi connectivity index (χ3n) is 3.88. The monoisotopic (exact) mass is 328 g/mol. The second kappa shape index (κ2) is 4.00. The van der Waals surface area contributed by atoms with Crippen LogP contribution in [0.25, 0.3) is 0 Å². The Labute approximate surface area is 116 Å². The Balaban J connectivity index is 2.02. The zero-order chi connectivity index (χ0) is 13.8. The van der Waals surface area contributed by atoms with Crippen molar-refractivity contribution in [2.24, 2.45) is 0 Å². The SMILES string of the molecule is O=C1CCC2(CC2c2cc(Br)cc(F)c2[N+](=O)[O-])N1. The normalized spacial score (nSPS) is 28.5. The van der Waals surface area contributed by atoms with Crippen molar-refractivity contribution in [3.05, 3.63) is 38.1 Å². The van der Waals surface area contributed by atoms with Crippen LogP contribution in [0.3, 0.4) is 0 Å². The van der Waals surface area contributed by atoms with Crippen LogP contribution in [0, 0.1) is 15.9 Å². The molecule has 1 aliphatic heterocycles. The van der Waals surface area contributed by atoms with Crippen molar-refractivity contribution < 1.29 is 14.1 Å². The maximum Gasteiger partial charge on any atom is 0.308 e. The average Bonchev–Trinajstić information content (AvgIpc) is 2.86. The first-order valence-corrected chi connectivity index (χ1v) is 6.66. The number of benzene rings is 1. The fraction of sp³-hybridized carbons (Fsp3) is 0.417. The molecule has 2 fully saturated rings. The Morgan fingerprint density at radius 3 is 2.84 bits per heavy atom. The maximum atomic E-state index is 13.7. The number of nitro benzene ring substituents is 1. The molecule has 1 N–H and O–H groups in total.